The molecule has 21 heavy (non-hydrogen) atoms. The second-order valence-electron chi connectivity index (χ2n) is 6.10. The third-order valence-electron chi connectivity index (χ3n) is 4.83. The van der Waals surface area contributed by atoms with Gasteiger partial charge >= 0.3 is 0 Å². The fourth-order valence-electron chi connectivity index (χ4n) is 3.88. The van der Waals surface area contributed by atoms with Crippen molar-refractivity contribution < 1.29 is 8.78 Å². The van der Waals surface area contributed by atoms with E-state index in [4.69, 9.17) is 18.0 Å². The molecule has 2 fully saturated rings. The second-order valence-corrected chi connectivity index (χ2v) is 6.54. The van der Waals surface area contributed by atoms with Crippen molar-refractivity contribution in [2.24, 2.45) is 11.7 Å². The minimum Gasteiger partial charge on any atom is -0.389 e. The van der Waals surface area contributed by atoms with Gasteiger partial charge in [-0.05, 0) is 43.7 Å². The van der Waals surface area contributed by atoms with Crippen molar-refractivity contribution in [3.8, 4) is 0 Å². The Kier molecular flexibility index (Phi) is 4.11. The van der Waals surface area contributed by atoms with Crippen molar-refractivity contribution >= 4 is 22.9 Å². The number of rotatable bonds is 2. The van der Waals surface area contributed by atoms with Crippen LogP contribution in [0.5, 0.6) is 0 Å². The summed E-state index contributed by atoms with van der Waals surface area (Å²) in [4.78, 5) is 1.97. The average molecular weight is 310 g/mol. The van der Waals surface area contributed by atoms with Crippen molar-refractivity contribution in [1.29, 1.82) is 0 Å². The van der Waals surface area contributed by atoms with E-state index < -0.39 is 11.6 Å². The Labute approximate surface area is 129 Å². The Bertz CT molecular complexity index is 536. The fraction of sp³-hybridized carbons (Fsp3) is 0.562. The van der Waals surface area contributed by atoms with E-state index in [-0.39, 0.29) is 22.3 Å². The van der Waals surface area contributed by atoms with E-state index in [1.807, 2.05) is 4.90 Å². The molecule has 1 aliphatic heterocycles. The van der Waals surface area contributed by atoms with Crippen LogP contribution in [0.3, 0.4) is 0 Å². The third kappa shape index (κ3) is 2.76. The minimum atomic E-state index is -0.552. The van der Waals surface area contributed by atoms with Gasteiger partial charge in [0, 0.05) is 18.2 Å². The van der Waals surface area contributed by atoms with E-state index in [0.29, 0.717) is 5.92 Å². The van der Waals surface area contributed by atoms with Gasteiger partial charge in [0.2, 0.25) is 0 Å². The monoisotopic (exact) mass is 310 g/mol. The zero-order valence-corrected chi connectivity index (χ0v) is 12.8. The molecule has 0 bridgehead atoms. The van der Waals surface area contributed by atoms with Crippen molar-refractivity contribution in [2.75, 3.05) is 11.4 Å². The van der Waals surface area contributed by atoms with Crippen LogP contribution in [-0.2, 0) is 0 Å². The highest BCUT2D eigenvalue weighted by molar-refractivity contribution is 7.80. The highest BCUT2D eigenvalue weighted by Gasteiger charge is 2.35. The van der Waals surface area contributed by atoms with Crippen LogP contribution in [-0.4, -0.2) is 17.6 Å². The van der Waals surface area contributed by atoms with Crippen molar-refractivity contribution in [3.05, 3.63) is 29.3 Å². The maximum absolute atomic E-state index is 14.4. The molecule has 0 amide bonds. The highest BCUT2D eigenvalue weighted by Crippen LogP contribution is 2.39. The van der Waals surface area contributed by atoms with Crippen molar-refractivity contribution in [2.45, 2.75) is 44.6 Å². The molecule has 1 saturated carbocycles. The number of benzene rings is 1. The quantitative estimate of drug-likeness (QED) is 0.843. The molecule has 2 N–H and O–H groups in total. The molecule has 1 aromatic carbocycles. The van der Waals surface area contributed by atoms with Crippen LogP contribution in [0.15, 0.2) is 12.1 Å². The molecule has 1 aliphatic carbocycles. The molecule has 2 nitrogen and oxygen atoms in total. The smallest absolute Gasteiger partial charge is 0.150 e. The first-order valence-corrected chi connectivity index (χ1v) is 8.04. The van der Waals surface area contributed by atoms with Crippen LogP contribution >= 0.6 is 12.2 Å². The number of nitrogens with zero attached hydrogens (tertiary/aromatic N) is 1. The van der Waals surface area contributed by atoms with Gasteiger partial charge < -0.3 is 10.6 Å². The number of anilines is 1. The van der Waals surface area contributed by atoms with Crippen LogP contribution in [0.4, 0.5) is 14.5 Å². The molecule has 1 aromatic rings. The standard InChI is InChI=1S/C16H20F2N2S/c17-12-8-11(16(19)21)9-13(18)15(12)20-7-3-5-10-4-1-2-6-14(10)20/h8-10,14H,1-7H2,(H2,19,21). The van der Waals surface area contributed by atoms with Gasteiger partial charge in [0.25, 0.3) is 0 Å². The van der Waals surface area contributed by atoms with Gasteiger partial charge in [-0.1, -0.05) is 25.1 Å². The molecular weight excluding hydrogens is 290 g/mol. The predicted molar refractivity (Wildman–Crippen MR) is 84.6 cm³/mol. The number of piperidine rings is 1. The van der Waals surface area contributed by atoms with Gasteiger partial charge in [-0.3, -0.25) is 0 Å². The first-order chi connectivity index (χ1) is 10.1. The van der Waals surface area contributed by atoms with Crippen LogP contribution in [0.25, 0.3) is 0 Å². The Hall–Kier alpha value is -1.23. The lowest BCUT2D eigenvalue weighted by molar-refractivity contribution is 0.241. The topological polar surface area (TPSA) is 29.3 Å². The molecule has 2 unspecified atom stereocenters. The minimum absolute atomic E-state index is 0.0218. The lowest BCUT2D eigenvalue weighted by Gasteiger charge is -2.45. The molecule has 114 valence electrons. The Morgan fingerprint density at radius 2 is 1.71 bits per heavy atom. The Morgan fingerprint density at radius 1 is 1.10 bits per heavy atom. The summed E-state index contributed by atoms with van der Waals surface area (Å²) in [5.74, 6) is -0.533. The van der Waals surface area contributed by atoms with E-state index in [2.05, 4.69) is 0 Å². The van der Waals surface area contributed by atoms with Gasteiger partial charge in [-0.15, -0.1) is 0 Å². The van der Waals surface area contributed by atoms with Gasteiger partial charge in [0.15, 0.2) is 0 Å². The lowest BCUT2D eigenvalue weighted by Crippen LogP contribution is -2.47. The summed E-state index contributed by atoms with van der Waals surface area (Å²) >= 11 is 4.80. The third-order valence-corrected chi connectivity index (χ3v) is 5.07. The average Bonchev–Trinajstić information content (AvgIpc) is 2.46. The molecule has 0 radical (unpaired) electrons. The number of hydrogen-bond donors (Lipinski definition) is 1. The number of nitrogens with two attached hydrogens (primary N) is 1. The summed E-state index contributed by atoms with van der Waals surface area (Å²) in [6.45, 7) is 0.724. The van der Waals surface area contributed by atoms with Gasteiger partial charge in [-0.2, -0.15) is 0 Å². The summed E-state index contributed by atoms with van der Waals surface area (Å²) < 4.78 is 28.8. The summed E-state index contributed by atoms with van der Waals surface area (Å²) in [7, 11) is 0. The Balaban J connectivity index is 1.97. The Morgan fingerprint density at radius 3 is 2.38 bits per heavy atom. The number of hydrogen-bond acceptors (Lipinski definition) is 2. The molecule has 3 rings (SSSR count). The first kappa shape index (κ1) is 14.7. The molecule has 5 heteroatoms. The van der Waals surface area contributed by atoms with Crippen LogP contribution in [0.2, 0.25) is 0 Å². The van der Waals surface area contributed by atoms with Gasteiger partial charge in [0.1, 0.15) is 22.3 Å². The van der Waals surface area contributed by atoms with Crippen LogP contribution < -0.4 is 10.6 Å². The molecule has 1 heterocycles. The maximum Gasteiger partial charge on any atom is 0.150 e. The van der Waals surface area contributed by atoms with E-state index in [1.165, 1.54) is 31.4 Å². The van der Waals surface area contributed by atoms with Crippen LogP contribution in [0, 0.1) is 17.6 Å². The zero-order chi connectivity index (χ0) is 15.0. The normalized spacial score (nSPS) is 25.5. The molecule has 1 saturated heterocycles. The van der Waals surface area contributed by atoms with Gasteiger partial charge in [-0.25, -0.2) is 8.78 Å². The summed E-state index contributed by atoms with van der Waals surface area (Å²) in [6.07, 6.45) is 6.76. The lowest BCUT2D eigenvalue weighted by atomic mass is 9.78. The fourth-order valence-corrected chi connectivity index (χ4v) is 4.00. The van der Waals surface area contributed by atoms with E-state index in [1.54, 1.807) is 0 Å². The van der Waals surface area contributed by atoms with E-state index in [0.717, 1.165) is 25.8 Å². The molecule has 2 atom stereocenters. The van der Waals surface area contributed by atoms with E-state index in [9.17, 15) is 8.78 Å². The molecule has 2 aliphatic rings. The van der Waals surface area contributed by atoms with Gasteiger partial charge in [0.05, 0.1) is 0 Å². The number of fused-ring (bicyclic) bond motifs is 1. The predicted octanol–water partition coefficient (Wildman–Crippen LogP) is 3.76. The second kappa shape index (κ2) is 5.87. The SMILES string of the molecule is NC(=S)c1cc(F)c(N2CCCC3CCCCC32)c(F)c1. The van der Waals surface area contributed by atoms with Crippen LogP contribution in [0.1, 0.15) is 44.1 Å². The van der Waals surface area contributed by atoms with Crippen molar-refractivity contribution in [3.63, 3.8) is 0 Å². The molecule has 0 aromatic heterocycles. The number of halogens is 2. The zero-order valence-electron chi connectivity index (χ0n) is 11.9. The maximum atomic E-state index is 14.4. The van der Waals surface area contributed by atoms with E-state index >= 15 is 0 Å². The molecular formula is C16H20F2N2S. The summed E-state index contributed by atoms with van der Waals surface area (Å²) in [5.41, 5.74) is 5.82. The largest absolute Gasteiger partial charge is 0.389 e. The van der Waals surface area contributed by atoms with Crippen molar-refractivity contribution in [1.82, 2.24) is 0 Å². The first-order valence-electron chi connectivity index (χ1n) is 7.63. The highest BCUT2D eigenvalue weighted by atomic mass is 32.1. The number of thiocarbonyl (C=S) groups is 1. The molecule has 0 spiro atoms. The summed E-state index contributed by atoms with van der Waals surface area (Å²) in [5, 5.41) is 0. The summed E-state index contributed by atoms with van der Waals surface area (Å²) in [6, 6.07) is 2.78.